The van der Waals surface area contributed by atoms with E-state index in [0.717, 1.165) is 0 Å². The molecule has 0 saturated carbocycles. The first-order valence-electron chi connectivity index (χ1n) is 4.11. The molecule has 0 radical (unpaired) electrons. The summed E-state index contributed by atoms with van der Waals surface area (Å²) in [5.74, 6) is -0.170. The maximum atomic E-state index is 13.2. The zero-order valence-corrected chi connectivity index (χ0v) is 7.31. The third-order valence-electron chi connectivity index (χ3n) is 1.81. The second-order valence-corrected chi connectivity index (χ2v) is 2.79. The van der Waals surface area contributed by atoms with Gasteiger partial charge in [0, 0.05) is 6.20 Å². The van der Waals surface area contributed by atoms with Crippen LogP contribution in [0.25, 0.3) is 11.3 Å². The SMILES string of the molecule is Nc1cccc(-c2cccnc2F)n1. The van der Waals surface area contributed by atoms with Crippen LogP contribution in [0.3, 0.4) is 0 Å². The molecule has 0 spiro atoms. The van der Waals surface area contributed by atoms with Crippen LogP contribution >= 0.6 is 0 Å². The Morgan fingerprint density at radius 3 is 2.71 bits per heavy atom. The molecule has 0 aliphatic carbocycles. The molecule has 0 atom stereocenters. The lowest BCUT2D eigenvalue weighted by Crippen LogP contribution is -1.94. The minimum absolute atomic E-state index is 0.361. The second-order valence-electron chi connectivity index (χ2n) is 2.79. The molecule has 2 N–H and O–H groups in total. The summed E-state index contributed by atoms with van der Waals surface area (Å²) in [6, 6.07) is 8.34. The third-order valence-corrected chi connectivity index (χ3v) is 1.81. The fourth-order valence-corrected chi connectivity index (χ4v) is 1.18. The molecule has 0 aliphatic rings. The summed E-state index contributed by atoms with van der Waals surface area (Å²) in [6.07, 6.45) is 1.39. The smallest absolute Gasteiger partial charge is 0.222 e. The van der Waals surface area contributed by atoms with Gasteiger partial charge < -0.3 is 5.73 Å². The third kappa shape index (κ3) is 1.54. The van der Waals surface area contributed by atoms with Gasteiger partial charge >= 0.3 is 0 Å². The lowest BCUT2D eigenvalue weighted by molar-refractivity contribution is 0.587. The van der Waals surface area contributed by atoms with Crippen LogP contribution in [-0.2, 0) is 0 Å². The molecule has 70 valence electrons. The van der Waals surface area contributed by atoms with Crippen molar-refractivity contribution in [1.82, 2.24) is 9.97 Å². The highest BCUT2D eigenvalue weighted by Gasteiger charge is 2.05. The van der Waals surface area contributed by atoms with Crippen LogP contribution in [0.5, 0.6) is 0 Å². The summed E-state index contributed by atoms with van der Waals surface area (Å²) in [7, 11) is 0. The molecule has 3 nitrogen and oxygen atoms in total. The number of halogens is 1. The van der Waals surface area contributed by atoms with E-state index in [1.807, 2.05) is 0 Å². The Bertz CT molecular complexity index is 457. The molecule has 2 heterocycles. The van der Waals surface area contributed by atoms with E-state index in [9.17, 15) is 4.39 Å². The average Bonchev–Trinajstić information content (AvgIpc) is 2.18. The van der Waals surface area contributed by atoms with E-state index in [2.05, 4.69) is 9.97 Å². The predicted molar refractivity (Wildman–Crippen MR) is 51.8 cm³/mol. The topological polar surface area (TPSA) is 51.8 Å². The summed E-state index contributed by atoms with van der Waals surface area (Å²) in [4.78, 5) is 7.54. The average molecular weight is 189 g/mol. The largest absolute Gasteiger partial charge is 0.384 e. The molecule has 4 heteroatoms. The van der Waals surface area contributed by atoms with Gasteiger partial charge in [0.25, 0.3) is 0 Å². The number of anilines is 1. The summed E-state index contributed by atoms with van der Waals surface area (Å²) >= 11 is 0. The van der Waals surface area contributed by atoms with Crippen molar-refractivity contribution in [1.29, 1.82) is 0 Å². The van der Waals surface area contributed by atoms with Crippen LogP contribution in [0.1, 0.15) is 0 Å². The Morgan fingerprint density at radius 1 is 1.14 bits per heavy atom. The maximum absolute atomic E-state index is 13.2. The van der Waals surface area contributed by atoms with Gasteiger partial charge in [0.1, 0.15) is 5.82 Å². The van der Waals surface area contributed by atoms with Crippen LogP contribution in [0.4, 0.5) is 10.2 Å². The normalized spacial score (nSPS) is 10.1. The van der Waals surface area contributed by atoms with Gasteiger partial charge in [0.15, 0.2) is 0 Å². The fourth-order valence-electron chi connectivity index (χ4n) is 1.18. The molecular weight excluding hydrogens is 181 g/mol. The molecule has 0 bridgehead atoms. The lowest BCUT2D eigenvalue weighted by Gasteiger charge is -2.01. The predicted octanol–water partition coefficient (Wildman–Crippen LogP) is 1.86. The number of nitrogen functional groups attached to an aromatic ring is 1. The molecule has 14 heavy (non-hydrogen) atoms. The molecule has 0 aliphatic heterocycles. The number of hydrogen-bond acceptors (Lipinski definition) is 3. The minimum Gasteiger partial charge on any atom is -0.384 e. The zero-order valence-electron chi connectivity index (χ0n) is 7.31. The number of rotatable bonds is 1. The first-order valence-corrected chi connectivity index (χ1v) is 4.11. The van der Waals surface area contributed by atoms with Crippen molar-refractivity contribution in [2.24, 2.45) is 0 Å². The van der Waals surface area contributed by atoms with Crippen molar-refractivity contribution in [3.8, 4) is 11.3 Å². The van der Waals surface area contributed by atoms with Crippen molar-refractivity contribution in [3.05, 3.63) is 42.5 Å². The standard InChI is InChI=1S/C10H8FN3/c11-10-7(3-2-6-13-10)8-4-1-5-9(12)14-8/h1-6H,(H2,12,14). The van der Waals surface area contributed by atoms with Crippen LogP contribution in [0, 0.1) is 5.95 Å². The number of pyridine rings is 2. The van der Waals surface area contributed by atoms with Crippen LogP contribution in [0.2, 0.25) is 0 Å². The van der Waals surface area contributed by atoms with E-state index < -0.39 is 5.95 Å². The molecular formula is C10H8FN3. The lowest BCUT2D eigenvalue weighted by atomic mass is 10.2. The Labute approximate surface area is 80.4 Å². The summed E-state index contributed by atoms with van der Waals surface area (Å²) in [5.41, 5.74) is 6.35. The number of aromatic nitrogens is 2. The zero-order chi connectivity index (χ0) is 9.97. The van der Waals surface area contributed by atoms with Crippen molar-refractivity contribution in [2.75, 3.05) is 5.73 Å². The fraction of sp³-hybridized carbons (Fsp3) is 0. The molecule has 2 rings (SSSR count). The highest BCUT2D eigenvalue weighted by Crippen LogP contribution is 2.19. The molecule has 0 unspecified atom stereocenters. The van der Waals surface area contributed by atoms with E-state index in [4.69, 9.17) is 5.73 Å². The van der Waals surface area contributed by atoms with Gasteiger partial charge in [-0.3, -0.25) is 0 Å². The van der Waals surface area contributed by atoms with Gasteiger partial charge in [0.2, 0.25) is 5.95 Å². The van der Waals surface area contributed by atoms with E-state index >= 15 is 0 Å². The number of nitrogens with two attached hydrogens (primary N) is 1. The molecule has 2 aromatic heterocycles. The van der Waals surface area contributed by atoms with Gasteiger partial charge in [0.05, 0.1) is 11.3 Å². The minimum atomic E-state index is -0.536. The molecule has 0 saturated heterocycles. The first-order chi connectivity index (χ1) is 6.77. The van der Waals surface area contributed by atoms with Gasteiger partial charge in [-0.05, 0) is 24.3 Å². The molecule has 0 amide bonds. The van der Waals surface area contributed by atoms with Gasteiger partial charge in [-0.2, -0.15) is 4.39 Å². The number of nitrogens with zero attached hydrogens (tertiary/aromatic N) is 2. The molecule has 0 fully saturated rings. The van der Waals surface area contributed by atoms with E-state index in [-0.39, 0.29) is 0 Å². The van der Waals surface area contributed by atoms with E-state index in [1.165, 1.54) is 6.20 Å². The van der Waals surface area contributed by atoms with Crippen molar-refractivity contribution >= 4 is 5.82 Å². The van der Waals surface area contributed by atoms with Gasteiger partial charge in [-0.15, -0.1) is 0 Å². The Balaban J connectivity index is 2.55. The Hall–Kier alpha value is -1.97. The van der Waals surface area contributed by atoms with Gasteiger partial charge in [-0.1, -0.05) is 6.07 Å². The highest BCUT2D eigenvalue weighted by molar-refractivity contribution is 5.60. The monoisotopic (exact) mass is 189 g/mol. The number of hydrogen-bond donors (Lipinski definition) is 1. The quantitative estimate of drug-likeness (QED) is 0.696. The van der Waals surface area contributed by atoms with Crippen molar-refractivity contribution in [2.45, 2.75) is 0 Å². The van der Waals surface area contributed by atoms with Crippen molar-refractivity contribution in [3.63, 3.8) is 0 Å². The maximum Gasteiger partial charge on any atom is 0.222 e. The first kappa shape index (κ1) is 8.62. The Kier molecular flexibility index (Phi) is 2.10. The summed E-state index contributed by atoms with van der Waals surface area (Å²) in [5, 5.41) is 0. The summed E-state index contributed by atoms with van der Waals surface area (Å²) < 4.78 is 13.2. The Morgan fingerprint density at radius 2 is 2.00 bits per heavy atom. The second kappa shape index (κ2) is 3.41. The highest BCUT2D eigenvalue weighted by atomic mass is 19.1. The summed E-state index contributed by atoms with van der Waals surface area (Å²) in [6.45, 7) is 0. The molecule has 2 aromatic rings. The molecule has 0 aromatic carbocycles. The van der Waals surface area contributed by atoms with Crippen LogP contribution in [0.15, 0.2) is 36.5 Å². The van der Waals surface area contributed by atoms with Gasteiger partial charge in [-0.25, -0.2) is 9.97 Å². The van der Waals surface area contributed by atoms with Crippen molar-refractivity contribution < 1.29 is 4.39 Å². The van der Waals surface area contributed by atoms with Crippen LogP contribution < -0.4 is 5.73 Å². The van der Waals surface area contributed by atoms with Crippen LogP contribution in [-0.4, -0.2) is 9.97 Å². The van der Waals surface area contributed by atoms with E-state index in [0.29, 0.717) is 17.1 Å². The van der Waals surface area contributed by atoms with E-state index in [1.54, 1.807) is 30.3 Å².